The minimum absolute atomic E-state index is 0.0183. The molecular formula is C26H22N4OS. The molecule has 4 aromatic rings. The van der Waals surface area contributed by atoms with Crippen LogP contribution in [-0.2, 0) is 0 Å². The molecule has 0 aliphatic heterocycles. The van der Waals surface area contributed by atoms with E-state index >= 15 is 0 Å². The van der Waals surface area contributed by atoms with Crippen LogP contribution in [0.3, 0.4) is 0 Å². The zero-order valence-corrected chi connectivity index (χ0v) is 18.9. The van der Waals surface area contributed by atoms with Gasteiger partial charge in [0.25, 0.3) is 5.56 Å². The second-order valence-electron chi connectivity index (χ2n) is 7.47. The Hall–Kier alpha value is -3.82. The summed E-state index contributed by atoms with van der Waals surface area (Å²) in [6.45, 7) is 4.15. The molecule has 0 saturated heterocycles. The van der Waals surface area contributed by atoms with E-state index in [2.05, 4.69) is 65.1 Å². The Labute approximate surface area is 191 Å². The minimum atomic E-state index is -0.424. The quantitative estimate of drug-likeness (QED) is 0.300. The lowest BCUT2D eigenvalue weighted by molar-refractivity contribution is 0.937. The number of nitrogens with one attached hydrogen (secondary N) is 1. The van der Waals surface area contributed by atoms with Crippen LogP contribution in [0.5, 0.6) is 0 Å². The molecule has 0 atom stereocenters. The Morgan fingerprint density at radius 1 is 0.906 bits per heavy atom. The number of nitrogens with zero attached hydrogens (tertiary/aromatic N) is 3. The van der Waals surface area contributed by atoms with E-state index in [0.717, 1.165) is 22.6 Å². The van der Waals surface area contributed by atoms with Gasteiger partial charge in [-0.15, -0.1) is 0 Å². The molecule has 6 heteroatoms. The summed E-state index contributed by atoms with van der Waals surface area (Å²) in [6.07, 6.45) is 1.83. The molecule has 4 rings (SSSR count). The fourth-order valence-electron chi connectivity index (χ4n) is 3.61. The van der Waals surface area contributed by atoms with E-state index in [1.807, 2.05) is 48.7 Å². The lowest BCUT2D eigenvalue weighted by Gasteiger charge is -2.26. The summed E-state index contributed by atoms with van der Waals surface area (Å²) >= 11 is 1.33. The molecule has 0 aliphatic carbocycles. The van der Waals surface area contributed by atoms with Crippen molar-refractivity contribution >= 4 is 28.8 Å². The van der Waals surface area contributed by atoms with Crippen LogP contribution < -0.4 is 10.5 Å². The molecule has 0 aliphatic rings. The summed E-state index contributed by atoms with van der Waals surface area (Å²) in [5.41, 5.74) is 6.14. The van der Waals surface area contributed by atoms with E-state index in [0.29, 0.717) is 10.9 Å². The Morgan fingerprint density at radius 2 is 1.50 bits per heavy atom. The van der Waals surface area contributed by atoms with E-state index in [4.69, 9.17) is 0 Å². The van der Waals surface area contributed by atoms with Crippen molar-refractivity contribution in [2.24, 2.45) is 0 Å². The van der Waals surface area contributed by atoms with E-state index < -0.39 is 5.56 Å². The molecule has 1 heterocycles. The monoisotopic (exact) mass is 438 g/mol. The summed E-state index contributed by atoms with van der Waals surface area (Å²) in [5, 5.41) is 9.97. The molecule has 32 heavy (non-hydrogen) atoms. The van der Waals surface area contributed by atoms with Crippen LogP contribution in [0.4, 0.5) is 17.1 Å². The van der Waals surface area contributed by atoms with Crippen molar-refractivity contribution in [3.63, 3.8) is 0 Å². The van der Waals surface area contributed by atoms with Crippen molar-refractivity contribution in [3.05, 3.63) is 99.8 Å². The molecule has 1 N–H and O–H groups in total. The smallest absolute Gasteiger partial charge is 0.270 e. The molecule has 5 nitrogen and oxygen atoms in total. The van der Waals surface area contributed by atoms with Gasteiger partial charge in [0.1, 0.15) is 11.6 Å². The highest BCUT2D eigenvalue weighted by molar-refractivity contribution is 7.98. The zero-order valence-electron chi connectivity index (χ0n) is 18.1. The number of aromatic amines is 1. The Bertz CT molecular complexity index is 1320. The first kappa shape index (κ1) is 21.4. The molecule has 0 amide bonds. The van der Waals surface area contributed by atoms with Crippen LogP contribution >= 0.6 is 11.8 Å². The Morgan fingerprint density at radius 3 is 2.00 bits per heavy atom. The van der Waals surface area contributed by atoms with Crippen LogP contribution in [0.15, 0.2) is 82.7 Å². The lowest BCUT2D eigenvalue weighted by atomic mass is 10.1. The molecule has 3 aromatic carbocycles. The van der Waals surface area contributed by atoms with Crippen molar-refractivity contribution in [3.8, 4) is 17.3 Å². The summed E-state index contributed by atoms with van der Waals surface area (Å²) < 4.78 is 0. The van der Waals surface area contributed by atoms with Crippen LogP contribution in [0.2, 0.25) is 0 Å². The van der Waals surface area contributed by atoms with Gasteiger partial charge in [-0.2, -0.15) is 5.26 Å². The predicted molar refractivity (Wildman–Crippen MR) is 131 cm³/mol. The number of benzene rings is 3. The minimum Gasteiger partial charge on any atom is -0.310 e. The average Bonchev–Trinajstić information content (AvgIpc) is 2.79. The van der Waals surface area contributed by atoms with Gasteiger partial charge in [0.15, 0.2) is 5.16 Å². The highest BCUT2D eigenvalue weighted by Crippen LogP contribution is 2.36. The first-order valence-electron chi connectivity index (χ1n) is 10.1. The summed E-state index contributed by atoms with van der Waals surface area (Å²) in [6, 6.07) is 26.5. The van der Waals surface area contributed by atoms with Gasteiger partial charge in [0, 0.05) is 22.6 Å². The van der Waals surface area contributed by atoms with Crippen LogP contribution in [0.1, 0.15) is 16.7 Å². The van der Waals surface area contributed by atoms with Gasteiger partial charge in [-0.1, -0.05) is 48.2 Å². The third kappa shape index (κ3) is 4.29. The number of hydrogen-bond donors (Lipinski definition) is 1. The molecule has 0 spiro atoms. The van der Waals surface area contributed by atoms with Gasteiger partial charge in [0.05, 0.1) is 5.69 Å². The highest BCUT2D eigenvalue weighted by Gasteiger charge is 2.16. The number of thioether (sulfide) groups is 1. The van der Waals surface area contributed by atoms with Gasteiger partial charge in [-0.05, 0) is 67.6 Å². The van der Waals surface area contributed by atoms with Gasteiger partial charge in [0.2, 0.25) is 0 Å². The maximum atomic E-state index is 12.3. The molecular weight excluding hydrogens is 416 g/mol. The maximum Gasteiger partial charge on any atom is 0.270 e. The molecule has 0 fully saturated rings. The molecule has 0 saturated carbocycles. The fraction of sp³-hybridized carbons (Fsp3) is 0.115. The molecule has 158 valence electrons. The van der Waals surface area contributed by atoms with Crippen LogP contribution in [0.25, 0.3) is 11.3 Å². The largest absolute Gasteiger partial charge is 0.310 e. The lowest BCUT2D eigenvalue weighted by Crippen LogP contribution is -2.14. The maximum absolute atomic E-state index is 12.3. The van der Waals surface area contributed by atoms with Crippen molar-refractivity contribution in [2.45, 2.75) is 19.0 Å². The molecule has 1 aromatic heterocycles. The predicted octanol–water partition coefficient (Wildman–Crippen LogP) is 6.12. The van der Waals surface area contributed by atoms with Gasteiger partial charge < -0.3 is 9.88 Å². The first-order chi connectivity index (χ1) is 15.5. The van der Waals surface area contributed by atoms with E-state index in [9.17, 15) is 10.1 Å². The topological polar surface area (TPSA) is 72.8 Å². The van der Waals surface area contributed by atoms with Crippen LogP contribution in [0, 0.1) is 25.2 Å². The van der Waals surface area contributed by atoms with Crippen molar-refractivity contribution in [1.82, 2.24) is 9.97 Å². The zero-order chi connectivity index (χ0) is 22.7. The van der Waals surface area contributed by atoms with Gasteiger partial charge in [-0.3, -0.25) is 4.79 Å². The third-order valence-electron chi connectivity index (χ3n) is 5.12. The molecule has 0 bridgehead atoms. The first-order valence-corrected chi connectivity index (χ1v) is 11.3. The molecule has 0 radical (unpaired) electrons. The van der Waals surface area contributed by atoms with E-state index in [1.165, 1.54) is 22.9 Å². The van der Waals surface area contributed by atoms with Crippen molar-refractivity contribution < 1.29 is 0 Å². The normalized spacial score (nSPS) is 10.6. The fourth-order valence-corrected chi connectivity index (χ4v) is 3.99. The highest BCUT2D eigenvalue weighted by atomic mass is 32.2. The average molecular weight is 439 g/mol. The van der Waals surface area contributed by atoms with Crippen molar-refractivity contribution in [1.29, 1.82) is 5.26 Å². The number of rotatable bonds is 5. The number of anilines is 3. The SMILES string of the molecule is CSc1nc(-c2ccc(N(c3cccc(C)c3)c3cccc(C)c3)cc2)c(C#N)c(=O)[nH]1. The third-order valence-corrected chi connectivity index (χ3v) is 5.70. The summed E-state index contributed by atoms with van der Waals surface area (Å²) in [5.74, 6) is 0. The number of nitriles is 1. The van der Waals surface area contributed by atoms with Gasteiger partial charge in [-0.25, -0.2) is 4.98 Å². The summed E-state index contributed by atoms with van der Waals surface area (Å²) in [7, 11) is 0. The standard InChI is InChI=1S/C26H22N4OS/c1-17-6-4-8-21(14-17)30(22-9-5-7-18(2)15-22)20-12-10-19(11-13-20)24-23(16-27)25(31)29-26(28-24)32-3/h4-15H,1-3H3,(H,28,29,31). The van der Waals surface area contributed by atoms with Crippen LogP contribution in [-0.4, -0.2) is 16.2 Å². The second kappa shape index (κ2) is 9.13. The number of aromatic nitrogens is 2. The summed E-state index contributed by atoms with van der Waals surface area (Å²) in [4.78, 5) is 21.6. The van der Waals surface area contributed by atoms with Gasteiger partial charge >= 0.3 is 0 Å². The molecule has 0 unspecified atom stereocenters. The Kier molecular flexibility index (Phi) is 6.11. The number of aryl methyl sites for hydroxylation is 2. The van der Waals surface area contributed by atoms with Crippen molar-refractivity contribution in [2.75, 3.05) is 11.2 Å². The number of hydrogen-bond acceptors (Lipinski definition) is 5. The van der Waals surface area contributed by atoms with E-state index in [-0.39, 0.29) is 5.56 Å². The number of H-pyrrole nitrogens is 1. The second-order valence-corrected chi connectivity index (χ2v) is 8.27. The Balaban J connectivity index is 1.83. The van der Waals surface area contributed by atoms with E-state index in [1.54, 1.807) is 0 Å².